The fourth-order valence-electron chi connectivity index (χ4n) is 17.3. The van der Waals surface area contributed by atoms with Crippen LogP contribution in [-0.4, -0.2) is 52.6 Å². The van der Waals surface area contributed by atoms with Gasteiger partial charge >= 0.3 is 0 Å². The largest absolute Gasteiger partial charge is 0.387 e. The quantitative estimate of drug-likeness (QED) is 0.0486. The van der Waals surface area contributed by atoms with Gasteiger partial charge in [-0.3, -0.25) is 0 Å². The third-order valence-corrected chi connectivity index (χ3v) is 24.6. The smallest absolute Gasteiger partial charge is 0.168 e. The monoisotopic (exact) mass is 1370 g/mol. The van der Waals surface area contributed by atoms with Crippen molar-refractivity contribution < 1.29 is 24.1 Å². The molecule has 2 rings (SSSR count). The summed E-state index contributed by atoms with van der Waals surface area (Å²) in [5, 5.41) is 12.5. The predicted octanol–water partition coefficient (Wildman–Crippen LogP) is 29.9. The maximum Gasteiger partial charge on any atom is 0.168 e. The lowest BCUT2D eigenvalue weighted by Gasteiger charge is -2.51. The van der Waals surface area contributed by atoms with Gasteiger partial charge in [0.2, 0.25) is 0 Å². The first kappa shape index (κ1) is 92.6. The second-order valence-corrected chi connectivity index (χ2v) is 37.6. The lowest BCUT2D eigenvalue weighted by Crippen LogP contribution is -2.58. The Labute approximate surface area is 610 Å². The molecule has 0 saturated carbocycles. The molecule has 578 valence electrons. The number of unbranched alkanes of at least 4 members (excludes halogenated alkanes) is 7. The van der Waals surface area contributed by atoms with Gasteiger partial charge in [0.1, 0.15) is 0 Å². The van der Waals surface area contributed by atoms with Crippen LogP contribution in [0, 0.1) is 71.0 Å². The third kappa shape index (κ3) is 45.5. The predicted molar refractivity (Wildman–Crippen MR) is 429 cm³/mol. The summed E-state index contributed by atoms with van der Waals surface area (Å²) in [6.07, 6.45) is 66.3. The minimum absolute atomic E-state index is 0.0776. The molecule has 0 spiro atoms. The Hall–Kier alpha value is -0.460. The minimum Gasteiger partial charge on any atom is -0.387 e. The van der Waals surface area contributed by atoms with E-state index in [0.717, 1.165) is 150 Å². The van der Waals surface area contributed by atoms with E-state index in [-0.39, 0.29) is 18.3 Å². The van der Waals surface area contributed by atoms with Crippen molar-refractivity contribution in [3.05, 3.63) is 12.2 Å². The highest BCUT2D eigenvalue weighted by molar-refractivity contribution is 5.01. The Kier molecular flexibility index (Phi) is 51.7. The normalized spacial score (nSPS) is 22.5. The van der Waals surface area contributed by atoms with Crippen molar-refractivity contribution in [2.24, 2.45) is 71.0 Å². The van der Waals surface area contributed by atoms with Gasteiger partial charge in [0.05, 0.1) is 41.7 Å². The van der Waals surface area contributed by atoms with Crippen LogP contribution in [0.2, 0.25) is 0 Å². The summed E-state index contributed by atoms with van der Waals surface area (Å²) in [6, 6.07) is 0. The highest BCUT2D eigenvalue weighted by Crippen LogP contribution is 2.47. The Morgan fingerprint density at radius 2 is 0.701 bits per heavy atom. The van der Waals surface area contributed by atoms with Gasteiger partial charge in [0.15, 0.2) is 5.79 Å². The van der Waals surface area contributed by atoms with Crippen molar-refractivity contribution in [3.63, 3.8) is 0 Å². The lowest BCUT2D eigenvalue weighted by molar-refractivity contribution is -0.329. The van der Waals surface area contributed by atoms with E-state index in [9.17, 15) is 5.11 Å². The van der Waals surface area contributed by atoms with E-state index in [2.05, 4.69) is 151 Å². The molecule has 0 aromatic heterocycles. The van der Waals surface area contributed by atoms with Crippen molar-refractivity contribution in [1.29, 1.82) is 0 Å². The highest BCUT2D eigenvalue weighted by atomic mass is 16.7. The van der Waals surface area contributed by atoms with Gasteiger partial charge in [-0.2, -0.15) is 0 Å². The summed E-state index contributed by atoms with van der Waals surface area (Å²) in [4.78, 5) is 0. The van der Waals surface area contributed by atoms with Crippen LogP contribution in [0.1, 0.15) is 460 Å². The van der Waals surface area contributed by atoms with Crippen LogP contribution in [-0.2, 0) is 18.9 Å². The van der Waals surface area contributed by atoms with Gasteiger partial charge < -0.3 is 24.1 Å². The van der Waals surface area contributed by atoms with E-state index < -0.39 is 22.6 Å². The maximum atomic E-state index is 12.5. The minimum atomic E-state index is -0.873. The molecule has 2 fully saturated rings. The Morgan fingerprint density at radius 1 is 0.371 bits per heavy atom. The molecule has 5 heteroatoms. The molecule has 97 heavy (non-hydrogen) atoms. The maximum absolute atomic E-state index is 12.5. The fourth-order valence-corrected chi connectivity index (χ4v) is 17.3. The summed E-state index contributed by atoms with van der Waals surface area (Å²) in [7, 11) is 0. The molecule has 0 radical (unpaired) electrons. The number of ether oxygens (including phenoxy) is 4. The molecule has 2 aliphatic heterocycles. The lowest BCUT2D eigenvalue weighted by atomic mass is 9.81. The average Bonchev–Trinajstić information content (AvgIpc) is 1.76. The molecule has 0 amide bonds. The number of hydrogen-bond acceptors (Lipinski definition) is 5. The zero-order chi connectivity index (χ0) is 72.0. The summed E-state index contributed by atoms with van der Waals surface area (Å²) < 4.78 is 30.9. The molecule has 0 aromatic carbocycles. The van der Waals surface area contributed by atoms with Crippen molar-refractivity contribution in [2.75, 3.05) is 6.61 Å². The van der Waals surface area contributed by atoms with Gasteiger partial charge in [0, 0.05) is 12.8 Å². The van der Waals surface area contributed by atoms with Gasteiger partial charge in [-0.1, -0.05) is 361 Å². The zero-order valence-corrected chi connectivity index (χ0v) is 70.0. The molecule has 5 nitrogen and oxygen atoms in total. The van der Waals surface area contributed by atoms with Crippen LogP contribution in [0.3, 0.4) is 0 Å². The first-order chi connectivity index (χ1) is 46.1. The van der Waals surface area contributed by atoms with Gasteiger partial charge in [-0.15, -0.1) is 0 Å². The Bertz CT molecular complexity index is 1820. The topological polar surface area (TPSA) is 57.2 Å². The fraction of sp³-hybridized carbons (Fsp3) is 0.978. The first-order valence-electron chi connectivity index (χ1n) is 44.2. The number of hydrogen-bond donors (Lipinski definition) is 1. The van der Waals surface area contributed by atoms with Crippen molar-refractivity contribution >= 4 is 0 Å². The van der Waals surface area contributed by atoms with Crippen LogP contribution >= 0.6 is 0 Å². The van der Waals surface area contributed by atoms with Crippen molar-refractivity contribution in [1.82, 2.24) is 0 Å². The molecule has 2 aliphatic rings. The van der Waals surface area contributed by atoms with Crippen LogP contribution < -0.4 is 0 Å². The van der Waals surface area contributed by atoms with Crippen LogP contribution in [0.4, 0.5) is 0 Å². The van der Waals surface area contributed by atoms with Gasteiger partial charge in [-0.05, 0) is 169 Å². The molecular formula is C92H180O5. The first-order valence-corrected chi connectivity index (χ1v) is 44.2. The molecule has 2 heterocycles. The van der Waals surface area contributed by atoms with E-state index in [1.165, 1.54) is 225 Å². The van der Waals surface area contributed by atoms with E-state index >= 15 is 0 Å². The van der Waals surface area contributed by atoms with E-state index in [4.69, 9.17) is 18.9 Å². The highest BCUT2D eigenvalue weighted by Gasteiger charge is 2.53. The standard InChI is InChI=1S/C92H180O5/c1-21-22-23-24-25-26-27-28-29-30-31-73-94-92(71-43-64-85(17)60-39-56-81(13)52-35-48-77(8)9)72-44-65-88(96-92)91(20,70-42-63-84(16)59-38-55-80(12)51-34-47-76(6)7)97-90(19,69-41-62-83(15)58-37-54-79(11)50-33-46-75(4)5)87-67-66-86(95-87)89(18,93)68-40-61-82(14)57-36-53-78(10)49-32-45-74(2)3/h28-29,74-88,93H,21-27,30-73H2,1-20H3. The molecule has 0 bridgehead atoms. The van der Waals surface area contributed by atoms with Crippen molar-refractivity contribution in [2.45, 2.75) is 500 Å². The summed E-state index contributed by atoms with van der Waals surface area (Å²) in [5.41, 5.74) is -1.94. The van der Waals surface area contributed by atoms with E-state index in [1.807, 2.05) is 0 Å². The zero-order valence-electron chi connectivity index (χ0n) is 70.0. The molecular weight excluding hydrogens is 1190 g/mol. The molecule has 0 aromatic rings. The number of allylic oxidation sites excluding steroid dienone is 2. The molecule has 1 N–H and O–H groups in total. The average molecular weight is 1370 g/mol. The Morgan fingerprint density at radius 3 is 1.10 bits per heavy atom. The second-order valence-electron chi connectivity index (χ2n) is 37.6. The third-order valence-electron chi connectivity index (χ3n) is 24.6. The van der Waals surface area contributed by atoms with Crippen LogP contribution in [0.25, 0.3) is 0 Å². The summed E-state index contributed by atoms with van der Waals surface area (Å²) in [5.74, 6) is 8.68. The second kappa shape index (κ2) is 54.2. The van der Waals surface area contributed by atoms with Crippen LogP contribution in [0.15, 0.2) is 12.2 Å². The van der Waals surface area contributed by atoms with Gasteiger partial charge in [0.25, 0.3) is 0 Å². The van der Waals surface area contributed by atoms with Crippen LogP contribution in [0.5, 0.6) is 0 Å². The van der Waals surface area contributed by atoms with E-state index in [0.29, 0.717) is 23.7 Å². The van der Waals surface area contributed by atoms with E-state index in [1.54, 1.807) is 0 Å². The molecule has 0 aliphatic carbocycles. The number of rotatable bonds is 65. The number of aliphatic hydroxyl groups is 1. The molecule has 15 atom stereocenters. The summed E-state index contributed by atoms with van der Waals surface area (Å²) >= 11 is 0. The van der Waals surface area contributed by atoms with Crippen molar-refractivity contribution in [3.8, 4) is 0 Å². The van der Waals surface area contributed by atoms with Gasteiger partial charge in [-0.25, -0.2) is 0 Å². The SMILES string of the molecule is CCCCCCCCC=CCCCOC1(CCCC(C)CCCC(C)CCCC(C)C)CCCC(C(C)(CCCC(C)CCCC(C)CCCC(C)C)OC(C)(CCCC(C)CCCC(C)CCCC(C)C)C2CCC(C(C)(O)CCCC(C)CCCC(C)CCCC(C)C)O2)O1. The molecule has 15 unspecified atom stereocenters. The molecule has 2 saturated heterocycles. The Balaban J connectivity index is 2.52. The summed E-state index contributed by atoms with van der Waals surface area (Å²) in [6.45, 7) is 49.0.